The van der Waals surface area contributed by atoms with Crippen molar-refractivity contribution in [1.82, 2.24) is 9.55 Å². The number of imidazole rings is 1. The van der Waals surface area contributed by atoms with Crippen LogP contribution in [0.3, 0.4) is 0 Å². The highest BCUT2D eigenvalue weighted by Crippen LogP contribution is 2.20. The molecule has 5 nitrogen and oxygen atoms in total. The lowest BCUT2D eigenvalue weighted by Gasteiger charge is -2.19. The second-order valence-electron chi connectivity index (χ2n) is 5.68. The average Bonchev–Trinajstić information content (AvgIpc) is 2.73. The monoisotopic (exact) mass is 275 g/mol. The molecule has 108 valence electrons. The number of nitrogens with two attached hydrogens (primary N) is 1. The molecule has 0 saturated heterocycles. The van der Waals surface area contributed by atoms with Crippen LogP contribution in [0.5, 0.6) is 0 Å². The van der Waals surface area contributed by atoms with Gasteiger partial charge in [-0.25, -0.2) is 9.78 Å². The lowest BCUT2D eigenvalue weighted by atomic mass is 10.1. The second kappa shape index (κ2) is 5.25. The van der Waals surface area contributed by atoms with E-state index >= 15 is 0 Å². The quantitative estimate of drug-likeness (QED) is 0.874. The third-order valence-electron chi connectivity index (χ3n) is 2.96. The highest BCUT2D eigenvalue weighted by Gasteiger charge is 2.19. The van der Waals surface area contributed by atoms with Gasteiger partial charge in [-0.15, -0.1) is 0 Å². The summed E-state index contributed by atoms with van der Waals surface area (Å²) in [6.45, 7) is 8.77. The largest absolute Gasteiger partial charge is 0.456 e. The molecule has 2 N–H and O–H groups in total. The Morgan fingerprint density at radius 2 is 2.10 bits per heavy atom. The van der Waals surface area contributed by atoms with Gasteiger partial charge in [-0.05, 0) is 45.9 Å². The van der Waals surface area contributed by atoms with E-state index in [1.165, 1.54) is 0 Å². The lowest BCUT2D eigenvalue weighted by molar-refractivity contribution is 0.00697. The molecule has 0 aliphatic carbocycles. The number of hydrogen-bond acceptors (Lipinski definition) is 4. The smallest absolute Gasteiger partial charge is 0.338 e. The van der Waals surface area contributed by atoms with Crippen LogP contribution in [0.1, 0.15) is 43.9 Å². The van der Waals surface area contributed by atoms with Gasteiger partial charge in [0.1, 0.15) is 11.4 Å². The van der Waals surface area contributed by atoms with E-state index in [1.807, 2.05) is 38.3 Å². The predicted molar refractivity (Wildman–Crippen MR) is 78.5 cm³/mol. The number of nitrogens with zero attached hydrogens (tertiary/aromatic N) is 2. The number of hydrogen-bond donors (Lipinski definition) is 1. The minimum absolute atomic E-state index is 0.334. The van der Waals surface area contributed by atoms with Crippen molar-refractivity contribution in [3.8, 4) is 0 Å². The zero-order valence-corrected chi connectivity index (χ0v) is 12.4. The maximum absolute atomic E-state index is 12.1. The molecule has 1 heterocycles. The van der Waals surface area contributed by atoms with Crippen molar-refractivity contribution in [2.24, 2.45) is 5.73 Å². The number of carbonyl (C=O) groups excluding carboxylic acids is 1. The van der Waals surface area contributed by atoms with Crippen molar-refractivity contribution >= 4 is 17.0 Å². The van der Waals surface area contributed by atoms with E-state index in [0.717, 1.165) is 23.4 Å². The minimum Gasteiger partial charge on any atom is -0.456 e. The number of benzene rings is 1. The van der Waals surface area contributed by atoms with Crippen molar-refractivity contribution in [2.45, 2.75) is 46.4 Å². The summed E-state index contributed by atoms with van der Waals surface area (Å²) in [4.78, 5) is 16.5. The number of aryl methyl sites for hydroxylation is 1. The van der Waals surface area contributed by atoms with Crippen molar-refractivity contribution < 1.29 is 9.53 Å². The first-order valence-corrected chi connectivity index (χ1v) is 6.78. The zero-order valence-electron chi connectivity index (χ0n) is 12.4. The Morgan fingerprint density at radius 1 is 1.40 bits per heavy atom. The minimum atomic E-state index is -0.503. The summed E-state index contributed by atoms with van der Waals surface area (Å²) < 4.78 is 7.41. The number of aromatic nitrogens is 2. The number of carbonyl (C=O) groups is 1. The van der Waals surface area contributed by atoms with Gasteiger partial charge in [-0.3, -0.25) is 0 Å². The topological polar surface area (TPSA) is 70.1 Å². The molecule has 0 aliphatic rings. The van der Waals surface area contributed by atoms with Crippen molar-refractivity contribution in [1.29, 1.82) is 0 Å². The molecule has 1 aromatic heterocycles. The molecular weight excluding hydrogens is 254 g/mol. The molecule has 0 saturated carbocycles. The van der Waals surface area contributed by atoms with Gasteiger partial charge in [0, 0.05) is 6.54 Å². The fourth-order valence-electron chi connectivity index (χ4n) is 2.15. The van der Waals surface area contributed by atoms with E-state index in [1.54, 1.807) is 12.1 Å². The van der Waals surface area contributed by atoms with Gasteiger partial charge >= 0.3 is 5.97 Å². The predicted octanol–water partition coefficient (Wildman–Crippen LogP) is 2.47. The molecule has 0 amide bonds. The Hall–Kier alpha value is -1.88. The van der Waals surface area contributed by atoms with Crippen LogP contribution in [-0.4, -0.2) is 21.1 Å². The maximum Gasteiger partial charge on any atom is 0.338 e. The maximum atomic E-state index is 12.1. The molecule has 0 bridgehead atoms. The summed E-state index contributed by atoms with van der Waals surface area (Å²) in [7, 11) is 0. The van der Waals surface area contributed by atoms with Crippen molar-refractivity contribution in [3.63, 3.8) is 0 Å². The zero-order chi connectivity index (χ0) is 14.9. The Labute approximate surface area is 118 Å². The molecule has 0 atom stereocenters. The highest BCUT2D eigenvalue weighted by molar-refractivity contribution is 5.94. The Kier molecular flexibility index (Phi) is 3.81. The third kappa shape index (κ3) is 2.82. The second-order valence-corrected chi connectivity index (χ2v) is 5.68. The van der Waals surface area contributed by atoms with Crippen LogP contribution in [0.15, 0.2) is 18.2 Å². The molecule has 5 heteroatoms. The van der Waals surface area contributed by atoms with E-state index in [-0.39, 0.29) is 5.97 Å². The molecule has 0 spiro atoms. The first-order valence-electron chi connectivity index (χ1n) is 6.78. The van der Waals surface area contributed by atoms with Crippen LogP contribution in [0.4, 0.5) is 0 Å². The van der Waals surface area contributed by atoms with Gasteiger partial charge in [-0.2, -0.15) is 0 Å². The lowest BCUT2D eigenvalue weighted by Crippen LogP contribution is -2.23. The molecule has 0 aliphatic heterocycles. The van der Waals surface area contributed by atoms with Gasteiger partial charge in [0.05, 0.1) is 23.1 Å². The van der Waals surface area contributed by atoms with Crippen LogP contribution < -0.4 is 5.73 Å². The molecular formula is C15H21N3O2. The molecule has 2 rings (SSSR count). The van der Waals surface area contributed by atoms with Crippen molar-refractivity contribution in [3.05, 3.63) is 29.6 Å². The average molecular weight is 275 g/mol. The van der Waals surface area contributed by atoms with E-state index in [9.17, 15) is 4.79 Å². The summed E-state index contributed by atoms with van der Waals surface area (Å²) in [6.07, 6.45) is 0. The standard InChI is InChI=1S/C15H21N3O2/c1-5-18-12-7-6-10(14(19)20-15(2,3)4)8-11(12)17-13(18)9-16/h6-8H,5,9,16H2,1-4H3. The fourth-order valence-corrected chi connectivity index (χ4v) is 2.15. The van der Waals surface area contributed by atoms with Crippen LogP contribution >= 0.6 is 0 Å². The molecule has 20 heavy (non-hydrogen) atoms. The van der Waals surface area contributed by atoms with Gasteiger partial charge < -0.3 is 15.0 Å². The number of ether oxygens (including phenoxy) is 1. The normalized spacial score (nSPS) is 11.8. The van der Waals surface area contributed by atoms with E-state index < -0.39 is 5.60 Å². The fraction of sp³-hybridized carbons (Fsp3) is 0.467. The van der Waals surface area contributed by atoms with Gasteiger partial charge in [0.2, 0.25) is 0 Å². The van der Waals surface area contributed by atoms with Gasteiger partial charge in [-0.1, -0.05) is 0 Å². The van der Waals surface area contributed by atoms with Crippen molar-refractivity contribution in [2.75, 3.05) is 0 Å². The molecule has 0 radical (unpaired) electrons. The molecule has 0 unspecified atom stereocenters. The Morgan fingerprint density at radius 3 is 2.65 bits per heavy atom. The third-order valence-corrected chi connectivity index (χ3v) is 2.96. The molecule has 1 aromatic carbocycles. The summed E-state index contributed by atoms with van der Waals surface area (Å²) in [5.41, 5.74) is 7.46. The van der Waals surface area contributed by atoms with Crippen LogP contribution in [-0.2, 0) is 17.8 Å². The summed E-state index contributed by atoms with van der Waals surface area (Å²) >= 11 is 0. The van der Waals surface area contributed by atoms with Gasteiger partial charge in [0.25, 0.3) is 0 Å². The number of rotatable bonds is 3. The van der Waals surface area contributed by atoms with E-state index in [4.69, 9.17) is 10.5 Å². The first kappa shape index (κ1) is 14.5. The first-order chi connectivity index (χ1) is 9.35. The molecule has 2 aromatic rings. The SMILES string of the molecule is CCn1c(CN)nc2cc(C(=O)OC(C)(C)C)ccc21. The highest BCUT2D eigenvalue weighted by atomic mass is 16.6. The van der Waals surface area contributed by atoms with Crippen LogP contribution in [0.25, 0.3) is 11.0 Å². The Bertz CT molecular complexity index is 638. The number of esters is 1. The van der Waals surface area contributed by atoms with E-state index in [0.29, 0.717) is 12.1 Å². The Balaban J connectivity index is 2.42. The molecule has 0 fully saturated rings. The van der Waals surface area contributed by atoms with Crippen LogP contribution in [0.2, 0.25) is 0 Å². The number of fused-ring (bicyclic) bond motifs is 1. The van der Waals surface area contributed by atoms with Crippen LogP contribution in [0, 0.1) is 0 Å². The summed E-state index contributed by atoms with van der Waals surface area (Å²) in [5.74, 6) is 0.489. The van der Waals surface area contributed by atoms with E-state index in [2.05, 4.69) is 4.98 Å². The summed E-state index contributed by atoms with van der Waals surface area (Å²) in [6, 6.07) is 5.42. The van der Waals surface area contributed by atoms with Gasteiger partial charge in [0.15, 0.2) is 0 Å². The summed E-state index contributed by atoms with van der Waals surface area (Å²) in [5, 5.41) is 0.